The molecule has 0 aliphatic rings. The van der Waals surface area contributed by atoms with E-state index in [1.165, 1.54) is 22.3 Å². The van der Waals surface area contributed by atoms with E-state index in [-0.39, 0.29) is 5.41 Å². The minimum Gasteiger partial charge on any atom is -0.305 e. The first-order valence-electron chi connectivity index (χ1n) is 8.80. The number of hydrogen-bond acceptors (Lipinski definition) is 4. The second kappa shape index (κ2) is 7.23. The van der Waals surface area contributed by atoms with Gasteiger partial charge in [-0.1, -0.05) is 44.7 Å². The summed E-state index contributed by atoms with van der Waals surface area (Å²) in [5.74, 6) is 1.73. The zero-order valence-electron chi connectivity index (χ0n) is 16.4. The van der Waals surface area contributed by atoms with Gasteiger partial charge in [0.1, 0.15) is 0 Å². The molecular weight excluding hydrogens is 340 g/mol. The molecule has 2 aromatic heterocycles. The average molecular weight is 367 g/mol. The molecule has 136 valence electrons. The van der Waals surface area contributed by atoms with Crippen LogP contribution < -0.4 is 0 Å². The molecule has 2 heterocycles. The van der Waals surface area contributed by atoms with Gasteiger partial charge < -0.3 is 4.57 Å². The molecule has 3 aromatic rings. The molecule has 26 heavy (non-hydrogen) atoms. The number of hydrogen-bond donors (Lipinski definition) is 0. The molecule has 5 heteroatoms. The maximum Gasteiger partial charge on any atom is 0.191 e. The summed E-state index contributed by atoms with van der Waals surface area (Å²) in [6.07, 6.45) is 3.58. The van der Waals surface area contributed by atoms with E-state index in [4.69, 9.17) is 0 Å². The van der Waals surface area contributed by atoms with Crippen LogP contribution in [0.1, 0.15) is 43.0 Å². The van der Waals surface area contributed by atoms with Gasteiger partial charge in [-0.2, -0.15) is 0 Å². The first-order chi connectivity index (χ1) is 12.3. The van der Waals surface area contributed by atoms with E-state index in [0.29, 0.717) is 0 Å². The summed E-state index contributed by atoms with van der Waals surface area (Å²) < 4.78 is 2.04. The summed E-state index contributed by atoms with van der Waals surface area (Å²) in [7, 11) is 2.01. The van der Waals surface area contributed by atoms with Crippen LogP contribution in [0.4, 0.5) is 0 Å². The predicted molar refractivity (Wildman–Crippen MR) is 108 cm³/mol. The molecular formula is C21H26N4S. The van der Waals surface area contributed by atoms with E-state index in [1.54, 1.807) is 18.0 Å². The van der Waals surface area contributed by atoms with E-state index < -0.39 is 0 Å². The van der Waals surface area contributed by atoms with Crippen LogP contribution in [0, 0.1) is 13.8 Å². The second-order valence-electron chi connectivity index (χ2n) is 7.73. The molecule has 0 atom stereocenters. The van der Waals surface area contributed by atoms with E-state index in [9.17, 15) is 0 Å². The van der Waals surface area contributed by atoms with Gasteiger partial charge in [0.05, 0.1) is 0 Å². The fourth-order valence-electron chi connectivity index (χ4n) is 2.98. The van der Waals surface area contributed by atoms with Gasteiger partial charge in [-0.05, 0) is 53.6 Å². The predicted octanol–water partition coefficient (Wildman–Crippen LogP) is 5.08. The molecule has 0 amide bonds. The number of rotatable bonds is 4. The smallest absolute Gasteiger partial charge is 0.191 e. The lowest BCUT2D eigenvalue weighted by Crippen LogP contribution is -2.12. The SMILES string of the molecule is Cc1cc(C(C)(C)C)cc(C)c1CSc1nnc(-c2cccnc2)n1C. The molecule has 0 fully saturated rings. The molecule has 1 aromatic carbocycles. The molecule has 4 nitrogen and oxygen atoms in total. The highest BCUT2D eigenvalue weighted by Gasteiger charge is 2.17. The van der Waals surface area contributed by atoms with Crippen LogP contribution in [-0.2, 0) is 18.2 Å². The number of pyridine rings is 1. The molecule has 0 aliphatic carbocycles. The Labute approximate surface area is 160 Å². The van der Waals surface area contributed by atoms with Gasteiger partial charge in [0, 0.05) is 30.8 Å². The van der Waals surface area contributed by atoms with Crippen molar-refractivity contribution in [3.05, 3.63) is 58.9 Å². The van der Waals surface area contributed by atoms with E-state index in [0.717, 1.165) is 22.3 Å². The molecule has 0 spiro atoms. The third-order valence-electron chi connectivity index (χ3n) is 4.66. The van der Waals surface area contributed by atoms with Crippen molar-refractivity contribution in [1.29, 1.82) is 0 Å². The van der Waals surface area contributed by atoms with Crippen LogP contribution in [0.3, 0.4) is 0 Å². The largest absolute Gasteiger partial charge is 0.305 e. The molecule has 3 rings (SSSR count). The summed E-state index contributed by atoms with van der Waals surface area (Å²) in [5.41, 5.74) is 6.61. The Morgan fingerprint density at radius 3 is 2.35 bits per heavy atom. The Morgan fingerprint density at radius 1 is 1.08 bits per heavy atom. The first-order valence-corrected chi connectivity index (χ1v) is 9.79. The lowest BCUT2D eigenvalue weighted by Gasteiger charge is -2.22. The number of aryl methyl sites for hydroxylation is 2. The quantitative estimate of drug-likeness (QED) is 0.604. The standard InChI is InChI=1S/C21H26N4S/c1-14-10-17(21(3,4)5)11-15(2)18(14)13-26-20-24-23-19(25(20)6)16-8-7-9-22-12-16/h7-12H,13H2,1-6H3. The Morgan fingerprint density at radius 2 is 1.77 bits per heavy atom. The van der Waals surface area contributed by atoms with E-state index in [1.807, 2.05) is 29.9 Å². The third-order valence-corrected chi connectivity index (χ3v) is 5.71. The minimum atomic E-state index is 0.170. The minimum absolute atomic E-state index is 0.170. The van der Waals surface area contributed by atoms with Crippen LogP contribution in [0.2, 0.25) is 0 Å². The lowest BCUT2D eigenvalue weighted by atomic mass is 9.84. The summed E-state index contributed by atoms with van der Waals surface area (Å²) in [4.78, 5) is 4.17. The Kier molecular flexibility index (Phi) is 5.19. The van der Waals surface area contributed by atoms with Crippen LogP contribution in [0.5, 0.6) is 0 Å². The van der Waals surface area contributed by atoms with Crippen LogP contribution in [-0.4, -0.2) is 19.7 Å². The molecule has 0 bridgehead atoms. The Hall–Kier alpha value is -2.14. The van der Waals surface area contributed by atoms with Crippen molar-refractivity contribution < 1.29 is 0 Å². The summed E-state index contributed by atoms with van der Waals surface area (Å²) >= 11 is 1.73. The lowest BCUT2D eigenvalue weighted by molar-refractivity contribution is 0.589. The summed E-state index contributed by atoms with van der Waals surface area (Å²) in [6, 6.07) is 8.56. The molecule has 0 radical (unpaired) electrons. The number of nitrogens with zero attached hydrogens (tertiary/aromatic N) is 4. The van der Waals surface area contributed by atoms with Crippen LogP contribution >= 0.6 is 11.8 Å². The molecule has 0 N–H and O–H groups in total. The maximum absolute atomic E-state index is 4.37. The van der Waals surface area contributed by atoms with Crippen molar-refractivity contribution >= 4 is 11.8 Å². The van der Waals surface area contributed by atoms with Crippen molar-refractivity contribution in [2.75, 3.05) is 0 Å². The van der Waals surface area contributed by atoms with Crippen molar-refractivity contribution in [1.82, 2.24) is 19.7 Å². The van der Waals surface area contributed by atoms with Gasteiger partial charge in [0.25, 0.3) is 0 Å². The first kappa shape index (κ1) is 18.6. The number of thioether (sulfide) groups is 1. The zero-order valence-corrected chi connectivity index (χ0v) is 17.2. The van der Waals surface area contributed by atoms with Crippen molar-refractivity contribution in [2.24, 2.45) is 7.05 Å². The highest BCUT2D eigenvalue weighted by atomic mass is 32.2. The zero-order chi connectivity index (χ0) is 18.9. The van der Waals surface area contributed by atoms with E-state index >= 15 is 0 Å². The van der Waals surface area contributed by atoms with Crippen molar-refractivity contribution in [3.63, 3.8) is 0 Å². The van der Waals surface area contributed by atoms with Crippen LogP contribution in [0.25, 0.3) is 11.4 Å². The Bertz CT molecular complexity index is 885. The van der Waals surface area contributed by atoms with Gasteiger partial charge in [-0.25, -0.2) is 0 Å². The topological polar surface area (TPSA) is 43.6 Å². The van der Waals surface area contributed by atoms with Crippen LogP contribution in [0.15, 0.2) is 41.8 Å². The molecule has 0 saturated carbocycles. The van der Waals surface area contributed by atoms with Gasteiger partial charge in [-0.3, -0.25) is 4.98 Å². The number of aromatic nitrogens is 4. The average Bonchev–Trinajstić information content (AvgIpc) is 2.95. The fourth-order valence-corrected chi connectivity index (χ4v) is 4.09. The van der Waals surface area contributed by atoms with Gasteiger partial charge in [0.2, 0.25) is 0 Å². The summed E-state index contributed by atoms with van der Waals surface area (Å²) in [5, 5.41) is 9.63. The third kappa shape index (κ3) is 3.83. The highest BCUT2D eigenvalue weighted by molar-refractivity contribution is 7.98. The van der Waals surface area contributed by atoms with Gasteiger partial charge in [0.15, 0.2) is 11.0 Å². The maximum atomic E-state index is 4.37. The number of benzene rings is 1. The van der Waals surface area contributed by atoms with E-state index in [2.05, 4.69) is 61.9 Å². The summed E-state index contributed by atoms with van der Waals surface area (Å²) in [6.45, 7) is 11.2. The van der Waals surface area contributed by atoms with Crippen molar-refractivity contribution in [2.45, 2.75) is 50.9 Å². The monoisotopic (exact) mass is 366 g/mol. The highest BCUT2D eigenvalue weighted by Crippen LogP contribution is 2.31. The van der Waals surface area contributed by atoms with Gasteiger partial charge >= 0.3 is 0 Å². The molecule has 0 unspecified atom stereocenters. The normalized spacial score (nSPS) is 11.8. The molecule has 0 aliphatic heterocycles. The second-order valence-corrected chi connectivity index (χ2v) is 8.68. The van der Waals surface area contributed by atoms with Gasteiger partial charge in [-0.15, -0.1) is 10.2 Å². The fraction of sp³-hybridized carbons (Fsp3) is 0.381. The van der Waals surface area contributed by atoms with Crippen molar-refractivity contribution in [3.8, 4) is 11.4 Å². The molecule has 0 saturated heterocycles. The Balaban J connectivity index is 1.81.